The molecule has 4 rings (SSSR count). The summed E-state index contributed by atoms with van der Waals surface area (Å²) in [6.45, 7) is 2.43. The second kappa shape index (κ2) is 8.21. The molecule has 150 valence electrons. The molecule has 0 unspecified atom stereocenters. The average Bonchev–Trinajstić information content (AvgIpc) is 3.32. The molecule has 30 heavy (non-hydrogen) atoms. The van der Waals surface area contributed by atoms with Crippen molar-refractivity contribution in [2.24, 2.45) is 0 Å². The highest BCUT2D eigenvalue weighted by Crippen LogP contribution is 2.27. The highest BCUT2D eigenvalue weighted by molar-refractivity contribution is 5.98. The number of nitrogens with one attached hydrogen (secondary N) is 1. The SMILES string of the molecule is Cc1c(C#N)nn(-c2ccccc2)c1NC(=O)Cc1ccccc1N1CCCC1=O. The summed E-state index contributed by atoms with van der Waals surface area (Å²) in [7, 11) is 0. The smallest absolute Gasteiger partial charge is 0.230 e. The van der Waals surface area contributed by atoms with E-state index in [0.717, 1.165) is 23.4 Å². The number of nitriles is 1. The van der Waals surface area contributed by atoms with E-state index in [4.69, 9.17) is 0 Å². The topological polar surface area (TPSA) is 91.0 Å². The third-order valence-corrected chi connectivity index (χ3v) is 5.19. The zero-order valence-corrected chi connectivity index (χ0v) is 16.6. The number of nitrogens with zero attached hydrogens (tertiary/aromatic N) is 4. The van der Waals surface area contributed by atoms with E-state index in [1.54, 1.807) is 16.5 Å². The normalized spacial score (nSPS) is 13.3. The zero-order chi connectivity index (χ0) is 21.1. The van der Waals surface area contributed by atoms with E-state index in [1.807, 2.05) is 54.6 Å². The van der Waals surface area contributed by atoms with E-state index in [2.05, 4.69) is 16.5 Å². The lowest BCUT2D eigenvalue weighted by atomic mass is 10.1. The van der Waals surface area contributed by atoms with Crippen molar-refractivity contribution in [2.45, 2.75) is 26.2 Å². The second-order valence-electron chi connectivity index (χ2n) is 7.18. The number of carbonyl (C=O) groups excluding carboxylic acids is 2. The third-order valence-electron chi connectivity index (χ3n) is 5.19. The molecule has 7 heteroatoms. The van der Waals surface area contributed by atoms with Crippen molar-refractivity contribution in [3.05, 3.63) is 71.4 Å². The number of benzene rings is 2. The molecule has 0 radical (unpaired) electrons. The Morgan fingerprint density at radius 3 is 2.60 bits per heavy atom. The van der Waals surface area contributed by atoms with Gasteiger partial charge < -0.3 is 10.2 Å². The highest BCUT2D eigenvalue weighted by atomic mass is 16.2. The first-order chi connectivity index (χ1) is 14.6. The lowest BCUT2D eigenvalue weighted by Gasteiger charge is -2.19. The number of hydrogen-bond donors (Lipinski definition) is 1. The predicted octanol–water partition coefficient (Wildman–Crippen LogP) is 3.36. The van der Waals surface area contributed by atoms with Gasteiger partial charge in [-0.15, -0.1) is 0 Å². The first-order valence-corrected chi connectivity index (χ1v) is 9.81. The first-order valence-electron chi connectivity index (χ1n) is 9.81. The summed E-state index contributed by atoms with van der Waals surface area (Å²) in [6.07, 6.45) is 1.47. The van der Waals surface area contributed by atoms with Crippen molar-refractivity contribution >= 4 is 23.3 Å². The molecule has 7 nitrogen and oxygen atoms in total. The Bertz CT molecular complexity index is 1140. The van der Waals surface area contributed by atoms with Gasteiger partial charge >= 0.3 is 0 Å². The van der Waals surface area contributed by atoms with Crippen molar-refractivity contribution in [1.29, 1.82) is 5.26 Å². The Kier molecular flexibility index (Phi) is 5.31. The van der Waals surface area contributed by atoms with Crippen molar-refractivity contribution in [1.82, 2.24) is 9.78 Å². The molecule has 2 amide bonds. The molecule has 2 heterocycles. The maximum atomic E-state index is 12.9. The van der Waals surface area contributed by atoms with Gasteiger partial charge in [-0.2, -0.15) is 10.4 Å². The van der Waals surface area contributed by atoms with Gasteiger partial charge in [0.05, 0.1) is 12.1 Å². The number of para-hydroxylation sites is 2. The largest absolute Gasteiger partial charge is 0.312 e. The standard InChI is InChI=1S/C23H21N5O2/c1-16-19(15-24)26-28(18-9-3-2-4-10-18)23(16)25-21(29)14-17-8-5-6-11-20(17)27-13-7-12-22(27)30/h2-6,8-11H,7,12-14H2,1H3,(H,25,29). The number of amides is 2. The molecule has 0 bridgehead atoms. The summed E-state index contributed by atoms with van der Waals surface area (Å²) in [5.41, 5.74) is 3.19. The summed E-state index contributed by atoms with van der Waals surface area (Å²) in [5.74, 6) is 0.316. The molecule has 0 aliphatic carbocycles. The fourth-order valence-electron chi connectivity index (χ4n) is 3.68. The Hall–Kier alpha value is -3.92. The van der Waals surface area contributed by atoms with Crippen molar-refractivity contribution in [2.75, 3.05) is 16.8 Å². The molecule has 1 N–H and O–H groups in total. The van der Waals surface area contributed by atoms with Gasteiger partial charge in [0.2, 0.25) is 11.8 Å². The number of anilines is 2. The quantitative estimate of drug-likeness (QED) is 0.712. The van der Waals surface area contributed by atoms with Crippen LogP contribution in [0.2, 0.25) is 0 Å². The summed E-state index contributed by atoms with van der Waals surface area (Å²) >= 11 is 0. The van der Waals surface area contributed by atoms with E-state index in [1.165, 1.54) is 0 Å². The van der Waals surface area contributed by atoms with Crippen LogP contribution in [-0.4, -0.2) is 28.1 Å². The number of rotatable bonds is 5. The molecule has 1 fully saturated rings. The molecule has 1 aliphatic heterocycles. The summed E-state index contributed by atoms with van der Waals surface area (Å²) < 4.78 is 1.57. The van der Waals surface area contributed by atoms with Crippen LogP contribution >= 0.6 is 0 Å². The highest BCUT2D eigenvalue weighted by Gasteiger charge is 2.25. The molecule has 1 saturated heterocycles. The van der Waals surface area contributed by atoms with Crippen LogP contribution in [0, 0.1) is 18.3 Å². The van der Waals surface area contributed by atoms with E-state index in [0.29, 0.717) is 24.3 Å². The fraction of sp³-hybridized carbons (Fsp3) is 0.217. The third kappa shape index (κ3) is 3.67. The summed E-state index contributed by atoms with van der Waals surface area (Å²) in [5, 5.41) is 16.6. The molecule has 3 aromatic rings. The lowest BCUT2D eigenvalue weighted by molar-refractivity contribution is -0.117. The average molecular weight is 399 g/mol. The minimum Gasteiger partial charge on any atom is -0.312 e. The molecular weight excluding hydrogens is 378 g/mol. The van der Waals surface area contributed by atoms with Crippen LogP contribution in [0.15, 0.2) is 54.6 Å². The van der Waals surface area contributed by atoms with Crippen LogP contribution in [0.5, 0.6) is 0 Å². The minimum absolute atomic E-state index is 0.0829. The van der Waals surface area contributed by atoms with Gasteiger partial charge in [-0.1, -0.05) is 36.4 Å². The Labute approximate surface area is 174 Å². The number of aromatic nitrogens is 2. The zero-order valence-electron chi connectivity index (χ0n) is 16.6. The maximum absolute atomic E-state index is 12.9. The van der Waals surface area contributed by atoms with Gasteiger partial charge in [0.25, 0.3) is 0 Å². The molecule has 0 atom stereocenters. The van der Waals surface area contributed by atoms with Crippen LogP contribution in [0.25, 0.3) is 5.69 Å². The van der Waals surface area contributed by atoms with Crippen LogP contribution in [0.3, 0.4) is 0 Å². The molecule has 0 saturated carbocycles. The minimum atomic E-state index is -0.237. The monoisotopic (exact) mass is 399 g/mol. The fourth-order valence-corrected chi connectivity index (χ4v) is 3.68. The van der Waals surface area contributed by atoms with Gasteiger partial charge in [0.1, 0.15) is 11.9 Å². The van der Waals surface area contributed by atoms with Crippen LogP contribution in [-0.2, 0) is 16.0 Å². The van der Waals surface area contributed by atoms with Gasteiger partial charge in [-0.05, 0) is 37.1 Å². The van der Waals surface area contributed by atoms with E-state index in [-0.39, 0.29) is 23.9 Å². The van der Waals surface area contributed by atoms with Gasteiger partial charge in [-0.3, -0.25) is 9.59 Å². The van der Waals surface area contributed by atoms with Crippen molar-refractivity contribution in [3.63, 3.8) is 0 Å². The van der Waals surface area contributed by atoms with E-state index in [9.17, 15) is 14.9 Å². The van der Waals surface area contributed by atoms with Gasteiger partial charge in [-0.25, -0.2) is 4.68 Å². The molecule has 1 aliphatic rings. The molecular formula is C23H21N5O2. The molecule has 2 aromatic carbocycles. The predicted molar refractivity (Wildman–Crippen MR) is 113 cm³/mol. The molecule has 1 aromatic heterocycles. The van der Waals surface area contributed by atoms with E-state index >= 15 is 0 Å². The summed E-state index contributed by atoms with van der Waals surface area (Å²) in [4.78, 5) is 26.8. The van der Waals surface area contributed by atoms with Crippen LogP contribution < -0.4 is 10.2 Å². The summed E-state index contributed by atoms with van der Waals surface area (Å²) in [6, 6.07) is 18.9. The van der Waals surface area contributed by atoms with Crippen molar-refractivity contribution in [3.8, 4) is 11.8 Å². The number of carbonyl (C=O) groups is 2. The lowest BCUT2D eigenvalue weighted by Crippen LogP contribution is -2.26. The maximum Gasteiger partial charge on any atom is 0.230 e. The Balaban J connectivity index is 1.61. The van der Waals surface area contributed by atoms with Crippen LogP contribution in [0.1, 0.15) is 29.7 Å². The number of hydrogen-bond acceptors (Lipinski definition) is 4. The van der Waals surface area contributed by atoms with Gasteiger partial charge in [0.15, 0.2) is 5.69 Å². The first kappa shape index (κ1) is 19.4. The van der Waals surface area contributed by atoms with Crippen molar-refractivity contribution < 1.29 is 9.59 Å². The molecule has 0 spiro atoms. The van der Waals surface area contributed by atoms with Gasteiger partial charge in [0, 0.05) is 24.2 Å². The second-order valence-corrected chi connectivity index (χ2v) is 7.18. The Morgan fingerprint density at radius 1 is 1.17 bits per heavy atom. The van der Waals surface area contributed by atoms with Crippen LogP contribution in [0.4, 0.5) is 11.5 Å². The Morgan fingerprint density at radius 2 is 1.90 bits per heavy atom. The van der Waals surface area contributed by atoms with E-state index < -0.39 is 0 Å².